The van der Waals surface area contributed by atoms with E-state index in [4.69, 9.17) is 23.2 Å². The Hall–Kier alpha value is -1.05. The Kier molecular flexibility index (Phi) is 9.53. The second-order valence-corrected chi connectivity index (χ2v) is 6.58. The maximum absolute atomic E-state index is 12.2. The largest absolute Gasteiger partial charge is 0.339 e. The van der Waals surface area contributed by atoms with Crippen molar-refractivity contribution in [3.63, 3.8) is 0 Å². The van der Waals surface area contributed by atoms with Crippen LogP contribution in [-0.2, 0) is 9.59 Å². The van der Waals surface area contributed by atoms with E-state index in [1.165, 1.54) is 0 Å². The lowest BCUT2D eigenvalue weighted by Gasteiger charge is -2.29. The van der Waals surface area contributed by atoms with Crippen LogP contribution in [0.3, 0.4) is 0 Å². The van der Waals surface area contributed by atoms with Crippen molar-refractivity contribution in [2.24, 2.45) is 0 Å². The molecule has 140 valence electrons. The second kappa shape index (κ2) is 10.8. The number of hydrogen-bond donors (Lipinski definition) is 2. The number of para-hydroxylation sites is 1. The summed E-state index contributed by atoms with van der Waals surface area (Å²) in [5.41, 5.74) is 0.422. The van der Waals surface area contributed by atoms with Crippen molar-refractivity contribution in [2.45, 2.75) is 6.42 Å². The minimum absolute atomic E-state index is 0. The molecule has 0 spiro atoms. The Labute approximate surface area is 164 Å². The summed E-state index contributed by atoms with van der Waals surface area (Å²) < 4.78 is 0. The maximum atomic E-state index is 12.2. The zero-order chi connectivity index (χ0) is 17.5. The summed E-state index contributed by atoms with van der Waals surface area (Å²) in [6.45, 7) is 3.91. The van der Waals surface area contributed by atoms with E-state index in [0.29, 0.717) is 28.8 Å². The van der Waals surface area contributed by atoms with E-state index in [1.807, 2.05) is 16.8 Å². The van der Waals surface area contributed by atoms with Gasteiger partial charge in [0.1, 0.15) is 0 Å². The van der Waals surface area contributed by atoms with Crippen molar-refractivity contribution < 1.29 is 9.59 Å². The number of likely N-dealkylation sites (N-methyl/N-ethyl adjacent to an activating group) is 1. The number of nitrogens with zero attached hydrogens (tertiary/aromatic N) is 2. The van der Waals surface area contributed by atoms with E-state index < -0.39 is 0 Å². The molecule has 0 aromatic heterocycles. The van der Waals surface area contributed by atoms with Crippen molar-refractivity contribution >= 4 is 53.1 Å². The number of halogens is 3. The van der Waals surface area contributed by atoms with E-state index in [1.54, 1.807) is 18.2 Å². The molecule has 2 N–H and O–H groups in total. The Bertz CT molecular complexity index is 574. The molecule has 1 fully saturated rings. The van der Waals surface area contributed by atoms with Gasteiger partial charge in [-0.3, -0.25) is 14.5 Å². The highest BCUT2D eigenvalue weighted by Gasteiger charge is 2.18. The van der Waals surface area contributed by atoms with Crippen LogP contribution in [0.5, 0.6) is 0 Å². The average Bonchev–Trinajstić information content (AvgIpc) is 2.57. The Morgan fingerprint density at radius 1 is 1.24 bits per heavy atom. The van der Waals surface area contributed by atoms with Crippen LogP contribution in [0.1, 0.15) is 6.42 Å². The van der Waals surface area contributed by atoms with Gasteiger partial charge < -0.3 is 15.5 Å². The van der Waals surface area contributed by atoms with Gasteiger partial charge in [0, 0.05) is 39.1 Å². The molecule has 0 bridgehead atoms. The fourth-order valence-corrected chi connectivity index (χ4v) is 2.93. The van der Waals surface area contributed by atoms with Crippen molar-refractivity contribution in [3.05, 3.63) is 28.2 Å². The highest BCUT2D eigenvalue weighted by atomic mass is 35.5. The fourth-order valence-electron chi connectivity index (χ4n) is 2.44. The van der Waals surface area contributed by atoms with Crippen LogP contribution >= 0.6 is 35.6 Å². The molecule has 1 aliphatic rings. The number of anilines is 1. The summed E-state index contributed by atoms with van der Waals surface area (Å²) in [5, 5.41) is 6.73. The minimum Gasteiger partial charge on any atom is -0.339 e. The molecule has 1 aliphatic heterocycles. The van der Waals surface area contributed by atoms with Gasteiger partial charge in [-0.05, 0) is 19.2 Å². The third kappa shape index (κ3) is 6.99. The van der Waals surface area contributed by atoms with E-state index >= 15 is 0 Å². The lowest BCUT2D eigenvalue weighted by molar-refractivity contribution is -0.133. The highest BCUT2D eigenvalue weighted by Crippen LogP contribution is 2.29. The van der Waals surface area contributed by atoms with Crippen LogP contribution in [0.4, 0.5) is 5.69 Å². The quantitative estimate of drug-likeness (QED) is 0.755. The van der Waals surface area contributed by atoms with Crippen LogP contribution in [0.2, 0.25) is 10.0 Å². The number of benzene rings is 1. The van der Waals surface area contributed by atoms with Crippen LogP contribution in [-0.4, -0.2) is 67.9 Å². The summed E-state index contributed by atoms with van der Waals surface area (Å²) in [6, 6.07) is 5.05. The van der Waals surface area contributed by atoms with E-state index in [9.17, 15) is 9.59 Å². The molecule has 6 nitrogen and oxygen atoms in total. The molecule has 2 rings (SSSR count). The average molecular weight is 410 g/mol. The van der Waals surface area contributed by atoms with Gasteiger partial charge in [0.25, 0.3) is 0 Å². The molecule has 0 saturated carbocycles. The number of nitrogens with one attached hydrogen (secondary N) is 2. The van der Waals surface area contributed by atoms with E-state index in [2.05, 4.69) is 10.6 Å². The molecular weight excluding hydrogens is 387 g/mol. The first-order chi connectivity index (χ1) is 11.5. The number of amides is 2. The maximum Gasteiger partial charge on any atom is 0.236 e. The van der Waals surface area contributed by atoms with Gasteiger partial charge in [-0.1, -0.05) is 29.3 Å². The zero-order valence-electron chi connectivity index (χ0n) is 14.1. The lowest BCUT2D eigenvalue weighted by atomic mass is 10.3. The van der Waals surface area contributed by atoms with Crippen LogP contribution in [0.15, 0.2) is 18.2 Å². The molecule has 2 amide bonds. The minimum atomic E-state index is -0.188. The number of carbonyl (C=O) groups excluding carboxylic acids is 2. The first-order valence-electron chi connectivity index (χ1n) is 7.88. The van der Waals surface area contributed by atoms with Crippen molar-refractivity contribution in [3.8, 4) is 0 Å². The smallest absolute Gasteiger partial charge is 0.236 e. The SMILES string of the molecule is CN(CCC(=O)Nc1c(Cl)cccc1Cl)CC(=O)N1CCNCC1.Cl. The third-order valence-corrected chi connectivity index (χ3v) is 4.45. The number of rotatable bonds is 6. The van der Waals surface area contributed by atoms with Crippen LogP contribution < -0.4 is 10.6 Å². The molecule has 1 saturated heterocycles. The fraction of sp³-hybridized carbons (Fsp3) is 0.500. The van der Waals surface area contributed by atoms with Gasteiger partial charge in [-0.25, -0.2) is 0 Å². The zero-order valence-corrected chi connectivity index (χ0v) is 16.4. The van der Waals surface area contributed by atoms with Crippen molar-refractivity contribution in [1.29, 1.82) is 0 Å². The number of carbonyl (C=O) groups is 2. The molecule has 1 aromatic rings. The van der Waals surface area contributed by atoms with E-state index in [0.717, 1.165) is 26.2 Å². The van der Waals surface area contributed by atoms with Gasteiger partial charge in [0.05, 0.1) is 22.3 Å². The molecule has 1 aromatic carbocycles. The first-order valence-corrected chi connectivity index (χ1v) is 8.64. The Morgan fingerprint density at radius 3 is 2.44 bits per heavy atom. The van der Waals surface area contributed by atoms with Gasteiger partial charge >= 0.3 is 0 Å². The first kappa shape index (κ1) is 22.0. The van der Waals surface area contributed by atoms with Crippen LogP contribution in [0.25, 0.3) is 0 Å². The standard InChI is InChI=1S/C16H22Cl2N4O2.ClH/c1-21(11-15(24)22-9-6-19-7-10-22)8-5-14(23)20-16-12(17)3-2-4-13(16)18;/h2-4,19H,5-11H2,1H3,(H,20,23);1H. The molecule has 0 aliphatic carbocycles. The summed E-state index contributed by atoms with van der Waals surface area (Å²) in [4.78, 5) is 27.9. The number of hydrogen-bond acceptors (Lipinski definition) is 4. The monoisotopic (exact) mass is 408 g/mol. The molecule has 0 radical (unpaired) electrons. The Morgan fingerprint density at radius 2 is 1.84 bits per heavy atom. The molecule has 0 atom stereocenters. The van der Waals surface area contributed by atoms with Gasteiger partial charge in [-0.15, -0.1) is 12.4 Å². The second-order valence-electron chi connectivity index (χ2n) is 5.76. The van der Waals surface area contributed by atoms with Crippen molar-refractivity contribution in [2.75, 3.05) is 51.6 Å². The topological polar surface area (TPSA) is 64.7 Å². The van der Waals surface area contributed by atoms with Gasteiger partial charge in [0.2, 0.25) is 11.8 Å². The Balaban J connectivity index is 0.00000312. The summed E-state index contributed by atoms with van der Waals surface area (Å²) in [6.07, 6.45) is 0.257. The van der Waals surface area contributed by atoms with Crippen LogP contribution in [0, 0.1) is 0 Å². The van der Waals surface area contributed by atoms with Gasteiger partial charge in [-0.2, -0.15) is 0 Å². The lowest BCUT2D eigenvalue weighted by Crippen LogP contribution is -2.49. The highest BCUT2D eigenvalue weighted by molar-refractivity contribution is 6.39. The molecular formula is C16H23Cl3N4O2. The third-order valence-electron chi connectivity index (χ3n) is 3.82. The number of piperazine rings is 1. The molecule has 1 heterocycles. The normalized spacial score (nSPS) is 14.2. The summed E-state index contributed by atoms with van der Waals surface area (Å²) in [5.74, 6) is -0.0972. The van der Waals surface area contributed by atoms with Gasteiger partial charge in [0.15, 0.2) is 0 Å². The predicted molar refractivity (Wildman–Crippen MR) is 104 cm³/mol. The molecule has 9 heteroatoms. The molecule has 25 heavy (non-hydrogen) atoms. The molecule has 0 unspecified atom stereocenters. The summed E-state index contributed by atoms with van der Waals surface area (Å²) >= 11 is 12.1. The van der Waals surface area contributed by atoms with E-state index in [-0.39, 0.29) is 30.6 Å². The summed E-state index contributed by atoms with van der Waals surface area (Å²) in [7, 11) is 1.83. The van der Waals surface area contributed by atoms with Crippen molar-refractivity contribution in [1.82, 2.24) is 15.1 Å². The predicted octanol–water partition coefficient (Wildman–Crippen LogP) is 2.11.